The van der Waals surface area contributed by atoms with Crippen LogP contribution < -0.4 is 5.32 Å². The van der Waals surface area contributed by atoms with Crippen LogP contribution in [-0.4, -0.2) is 29.0 Å². The lowest BCUT2D eigenvalue weighted by Crippen LogP contribution is -2.38. The monoisotopic (exact) mass is 252 g/mol. The average molecular weight is 252 g/mol. The number of nitrogens with one attached hydrogen (secondary N) is 1. The molecule has 0 spiro atoms. The summed E-state index contributed by atoms with van der Waals surface area (Å²) in [6.07, 6.45) is -4.77. The van der Waals surface area contributed by atoms with Crippen molar-refractivity contribution in [3.63, 3.8) is 0 Å². The number of carboxylic acid groups (broad SMARTS) is 1. The second-order valence-electron chi connectivity index (χ2n) is 3.50. The van der Waals surface area contributed by atoms with Gasteiger partial charge in [0.1, 0.15) is 0 Å². The minimum Gasteiger partial charge on any atom is -0.481 e. The zero-order chi connectivity index (χ0) is 13.1. The van der Waals surface area contributed by atoms with Crippen LogP contribution in [0.5, 0.6) is 0 Å². The van der Waals surface area contributed by atoms with Crippen molar-refractivity contribution in [2.45, 2.75) is 19.6 Å². The molecule has 1 unspecified atom stereocenters. The second kappa shape index (κ2) is 5.17. The van der Waals surface area contributed by atoms with Crippen LogP contribution in [0, 0.1) is 12.8 Å². The van der Waals surface area contributed by atoms with Crippen LogP contribution in [0.1, 0.15) is 11.5 Å². The van der Waals surface area contributed by atoms with Gasteiger partial charge in [-0.15, -0.1) is 0 Å². The molecule has 5 nitrogen and oxygen atoms in total. The Balaban J connectivity index is 2.46. The van der Waals surface area contributed by atoms with E-state index in [-0.39, 0.29) is 6.54 Å². The molecule has 1 heterocycles. The van der Waals surface area contributed by atoms with Crippen LogP contribution in [-0.2, 0) is 11.3 Å². The summed E-state index contributed by atoms with van der Waals surface area (Å²) in [4.78, 5) is 10.4. The van der Waals surface area contributed by atoms with Gasteiger partial charge in [-0.05, 0) is 6.92 Å². The summed E-state index contributed by atoms with van der Waals surface area (Å²) in [5.74, 6) is -3.97. The number of aromatic nitrogens is 1. The minimum atomic E-state index is -4.77. The Kier molecular flexibility index (Phi) is 4.11. The maximum Gasteiger partial charge on any atom is 0.403 e. The van der Waals surface area contributed by atoms with Gasteiger partial charge < -0.3 is 14.9 Å². The van der Waals surface area contributed by atoms with E-state index in [1.165, 1.54) is 0 Å². The third-order valence-corrected chi connectivity index (χ3v) is 2.02. The Labute approximate surface area is 94.6 Å². The van der Waals surface area contributed by atoms with Crippen LogP contribution >= 0.6 is 0 Å². The highest BCUT2D eigenvalue weighted by Crippen LogP contribution is 2.25. The Hall–Kier alpha value is -1.57. The topological polar surface area (TPSA) is 75.4 Å². The fraction of sp³-hybridized carbons (Fsp3) is 0.556. The van der Waals surface area contributed by atoms with Gasteiger partial charge in [0.15, 0.2) is 11.7 Å². The van der Waals surface area contributed by atoms with Crippen molar-refractivity contribution in [3.8, 4) is 0 Å². The van der Waals surface area contributed by atoms with Gasteiger partial charge in [0.05, 0.1) is 12.2 Å². The first-order chi connectivity index (χ1) is 7.80. The fourth-order valence-electron chi connectivity index (χ4n) is 1.18. The van der Waals surface area contributed by atoms with Gasteiger partial charge >= 0.3 is 12.1 Å². The molecule has 0 fully saturated rings. The number of hydrogen-bond acceptors (Lipinski definition) is 4. The lowest BCUT2D eigenvalue weighted by atomic mass is 10.1. The molecule has 1 aromatic rings. The fourth-order valence-corrected chi connectivity index (χ4v) is 1.18. The Morgan fingerprint density at radius 1 is 1.65 bits per heavy atom. The number of halogens is 3. The third kappa shape index (κ3) is 4.06. The number of aliphatic carboxylic acids is 1. The molecule has 1 rings (SSSR count). The summed E-state index contributed by atoms with van der Waals surface area (Å²) < 4.78 is 41.5. The van der Waals surface area contributed by atoms with Crippen molar-refractivity contribution in [1.82, 2.24) is 10.5 Å². The highest BCUT2D eigenvalue weighted by atomic mass is 19.4. The summed E-state index contributed by atoms with van der Waals surface area (Å²) >= 11 is 0. The predicted molar refractivity (Wildman–Crippen MR) is 50.1 cm³/mol. The van der Waals surface area contributed by atoms with Crippen LogP contribution in [0.2, 0.25) is 0 Å². The van der Waals surface area contributed by atoms with Crippen LogP contribution in [0.15, 0.2) is 10.6 Å². The molecule has 96 valence electrons. The van der Waals surface area contributed by atoms with Crippen LogP contribution in [0.25, 0.3) is 0 Å². The van der Waals surface area contributed by atoms with Gasteiger partial charge in [-0.3, -0.25) is 4.79 Å². The Morgan fingerprint density at radius 2 is 2.29 bits per heavy atom. The predicted octanol–water partition coefficient (Wildman–Crippen LogP) is 1.34. The molecule has 0 aliphatic heterocycles. The van der Waals surface area contributed by atoms with Crippen molar-refractivity contribution in [2.24, 2.45) is 5.92 Å². The van der Waals surface area contributed by atoms with E-state index >= 15 is 0 Å². The molecule has 0 aromatic carbocycles. The first-order valence-corrected chi connectivity index (χ1v) is 4.73. The van der Waals surface area contributed by atoms with Crippen LogP contribution in [0.3, 0.4) is 0 Å². The molecular weight excluding hydrogens is 241 g/mol. The number of rotatable bonds is 5. The van der Waals surface area contributed by atoms with Crippen molar-refractivity contribution in [1.29, 1.82) is 0 Å². The molecule has 1 aromatic heterocycles. The molecule has 0 saturated carbocycles. The zero-order valence-electron chi connectivity index (χ0n) is 8.91. The van der Waals surface area contributed by atoms with E-state index in [9.17, 15) is 18.0 Å². The quantitative estimate of drug-likeness (QED) is 0.827. The van der Waals surface area contributed by atoms with Crippen LogP contribution in [0.4, 0.5) is 13.2 Å². The van der Waals surface area contributed by atoms with E-state index < -0.39 is 24.6 Å². The Bertz CT molecular complexity index is 389. The molecule has 0 radical (unpaired) electrons. The van der Waals surface area contributed by atoms with E-state index in [4.69, 9.17) is 9.63 Å². The number of hydrogen-bond donors (Lipinski definition) is 2. The standard InChI is InChI=1S/C9H11F3N2O3/c1-5-2-6(17-14-5)3-13-4-7(8(15)16)9(10,11)12/h2,7,13H,3-4H2,1H3,(H,15,16). The number of alkyl halides is 3. The first kappa shape index (κ1) is 13.5. The van der Waals surface area contributed by atoms with Gasteiger partial charge in [0, 0.05) is 12.6 Å². The van der Waals surface area contributed by atoms with Crippen molar-refractivity contribution in [3.05, 3.63) is 17.5 Å². The highest BCUT2D eigenvalue weighted by molar-refractivity contribution is 5.71. The maximum absolute atomic E-state index is 12.2. The highest BCUT2D eigenvalue weighted by Gasteiger charge is 2.44. The molecule has 2 N–H and O–H groups in total. The lowest BCUT2D eigenvalue weighted by molar-refractivity contribution is -0.192. The number of carbonyl (C=O) groups is 1. The lowest BCUT2D eigenvalue weighted by Gasteiger charge is -2.15. The largest absolute Gasteiger partial charge is 0.481 e. The smallest absolute Gasteiger partial charge is 0.403 e. The van der Waals surface area contributed by atoms with Crippen molar-refractivity contribution in [2.75, 3.05) is 6.54 Å². The molecule has 1 atom stereocenters. The van der Waals surface area contributed by atoms with Gasteiger partial charge in [0.25, 0.3) is 0 Å². The van der Waals surface area contributed by atoms with Gasteiger partial charge in [-0.25, -0.2) is 0 Å². The number of carboxylic acids is 1. The molecule has 0 bridgehead atoms. The minimum absolute atomic E-state index is 0.000694. The summed E-state index contributed by atoms with van der Waals surface area (Å²) in [5.41, 5.74) is 0.604. The van der Waals surface area contributed by atoms with E-state index in [2.05, 4.69) is 10.5 Å². The van der Waals surface area contributed by atoms with Gasteiger partial charge in [0.2, 0.25) is 0 Å². The summed E-state index contributed by atoms with van der Waals surface area (Å²) in [6, 6.07) is 1.55. The molecule has 0 amide bonds. The molecule has 0 aliphatic rings. The molecule has 0 aliphatic carbocycles. The summed E-state index contributed by atoms with van der Waals surface area (Å²) in [7, 11) is 0. The molecule has 8 heteroatoms. The zero-order valence-corrected chi connectivity index (χ0v) is 8.91. The summed E-state index contributed by atoms with van der Waals surface area (Å²) in [6.45, 7) is 0.960. The van der Waals surface area contributed by atoms with Crippen molar-refractivity contribution < 1.29 is 27.6 Å². The normalized spacial score (nSPS) is 13.6. The van der Waals surface area contributed by atoms with E-state index in [0.29, 0.717) is 11.5 Å². The van der Waals surface area contributed by atoms with Crippen molar-refractivity contribution >= 4 is 5.97 Å². The number of aryl methyl sites for hydroxylation is 1. The molecule has 17 heavy (non-hydrogen) atoms. The molecular formula is C9H11F3N2O3. The maximum atomic E-state index is 12.2. The average Bonchev–Trinajstić information content (AvgIpc) is 2.56. The van der Waals surface area contributed by atoms with E-state index in [1.807, 2.05) is 0 Å². The first-order valence-electron chi connectivity index (χ1n) is 4.73. The SMILES string of the molecule is Cc1cc(CNCC(C(=O)O)C(F)(F)F)on1. The number of nitrogens with zero attached hydrogens (tertiary/aromatic N) is 1. The third-order valence-electron chi connectivity index (χ3n) is 2.02. The van der Waals surface area contributed by atoms with Gasteiger partial charge in [-0.2, -0.15) is 13.2 Å². The molecule has 0 saturated heterocycles. The van der Waals surface area contributed by atoms with Gasteiger partial charge in [-0.1, -0.05) is 5.16 Å². The Morgan fingerprint density at radius 3 is 2.71 bits per heavy atom. The summed E-state index contributed by atoms with van der Waals surface area (Å²) in [5, 5.41) is 14.3. The van der Waals surface area contributed by atoms with E-state index in [0.717, 1.165) is 0 Å². The second-order valence-corrected chi connectivity index (χ2v) is 3.50. The van der Waals surface area contributed by atoms with E-state index in [1.54, 1.807) is 13.0 Å².